The number of phenols is 1. The standard InChI is InChI=1S/C18H17Cl2N3O.C16H10Cl2N2O2.C11H11Cl2N3O.ClH/c1-23(2)10-13-9-21-16-14(19)8-15(20)18(17(16)22-13)24-11-12-6-4-3-5-7-12;17-12-6-13(18)16(22-9-10-4-2-1-3-5-10)15-14(12)19-7-11(8-21)20-15;1-16(2)5-6-4-14-9-7(12)3-8(13)11(17)10(9)15-6;/h3-9H,10-11H2,1-2H3;1-8H,9H2;3-4,17H,5H2,1-2H3;1H. The molecule has 5 aromatic carbocycles. The Morgan fingerprint density at radius 1 is 0.531 bits per heavy atom. The Morgan fingerprint density at radius 2 is 0.922 bits per heavy atom. The summed E-state index contributed by atoms with van der Waals surface area (Å²) in [6, 6.07) is 24.2. The van der Waals surface area contributed by atoms with Crippen molar-refractivity contribution in [2.45, 2.75) is 26.3 Å². The van der Waals surface area contributed by atoms with Gasteiger partial charge >= 0.3 is 0 Å². The second-order valence-electron chi connectivity index (χ2n) is 14.3. The number of ether oxygens (including phenoxy) is 2. The van der Waals surface area contributed by atoms with Gasteiger partial charge in [-0.1, -0.05) is 130 Å². The maximum Gasteiger partial charge on any atom is 0.170 e. The van der Waals surface area contributed by atoms with E-state index in [-0.39, 0.29) is 28.9 Å². The van der Waals surface area contributed by atoms with Gasteiger partial charge in [-0.15, -0.1) is 12.4 Å². The van der Waals surface area contributed by atoms with Crippen LogP contribution in [-0.2, 0) is 26.3 Å². The first-order valence-electron chi connectivity index (χ1n) is 18.9. The minimum absolute atomic E-state index is 0. The number of hydrogen-bond acceptors (Lipinski definition) is 12. The number of fused-ring (bicyclic) bond motifs is 3. The highest BCUT2D eigenvalue weighted by Crippen LogP contribution is 2.39. The average molecular weight is 1000 g/mol. The summed E-state index contributed by atoms with van der Waals surface area (Å²) in [6.45, 7) is 2.03. The lowest BCUT2D eigenvalue weighted by atomic mass is 10.2. The van der Waals surface area contributed by atoms with Crippen LogP contribution in [0.25, 0.3) is 33.1 Å². The molecule has 0 saturated carbocycles. The summed E-state index contributed by atoms with van der Waals surface area (Å²) in [6.07, 6.45) is 5.34. The van der Waals surface area contributed by atoms with Crippen molar-refractivity contribution in [3.05, 3.63) is 156 Å². The predicted molar refractivity (Wildman–Crippen MR) is 259 cm³/mol. The number of halogens is 7. The van der Waals surface area contributed by atoms with Gasteiger partial charge in [-0.25, -0.2) is 15.0 Å². The third-order valence-corrected chi connectivity index (χ3v) is 10.4. The molecule has 0 radical (unpaired) electrons. The zero-order valence-electron chi connectivity index (χ0n) is 34.6. The van der Waals surface area contributed by atoms with Gasteiger partial charge in [-0.2, -0.15) is 0 Å². The molecule has 0 aliphatic heterocycles. The molecule has 0 amide bonds. The highest BCUT2D eigenvalue weighted by molar-refractivity contribution is 6.40. The van der Waals surface area contributed by atoms with E-state index in [1.165, 1.54) is 12.3 Å². The van der Waals surface area contributed by atoms with Gasteiger partial charge in [-0.05, 0) is 57.5 Å². The number of aromatic nitrogens is 6. The summed E-state index contributed by atoms with van der Waals surface area (Å²) >= 11 is 36.7. The van der Waals surface area contributed by atoms with Gasteiger partial charge in [-0.3, -0.25) is 19.7 Å². The molecular weight excluding hydrogens is 965 g/mol. The van der Waals surface area contributed by atoms with Crippen LogP contribution >= 0.6 is 82.0 Å². The van der Waals surface area contributed by atoms with E-state index in [2.05, 4.69) is 29.9 Å². The molecule has 0 spiro atoms. The number of nitrogens with zero attached hydrogens (tertiary/aromatic N) is 8. The molecule has 0 saturated heterocycles. The Labute approximate surface area is 405 Å². The fraction of sp³-hybridized carbons (Fsp3) is 0.178. The Kier molecular flexibility index (Phi) is 18.3. The molecule has 0 aliphatic carbocycles. The van der Waals surface area contributed by atoms with Crippen molar-refractivity contribution < 1.29 is 19.4 Å². The van der Waals surface area contributed by atoms with Crippen LogP contribution in [0.5, 0.6) is 17.2 Å². The normalized spacial score (nSPS) is 10.9. The fourth-order valence-corrected chi connectivity index (χ4v) is 7.54. The van der Waals surface area contributed by atoms with E-state index in [1.807, 2.05) is 98.7 Å². The predicted octanol–water partition coefficient (Wildman–Crippen LogP) is 12.0. The minimum Gasteiger partial charge on any atom is -0.504 e. The first-order valence-corrected chi connectivity index (χ1v) is 21.2. The smallest absolute Gasteiger partial charge is 0.170 e. The zero-order valence-corrected chi connectivity index (χ0v) is 39.9. The van der Waals surface area contributed by atoms with Crippen molar-refractivity contribution in [3.63, 3.8) is 0 Å². The second kappa shape index (κ2) is 23.4. The monoisotopic (exact) mass is 1000 g/mol. The van der Waals surface area contributed by atoms with Gasteiger partial charge < -0.3 is 24.4 Å². The summed E-state index contributed by atoms with van der Waals surface area (Å²) in [5, 5.41) is 12.0. The molecular formula is C45H39Cl7N8O4. The molecule has 64 heavy (non-hydrogen) atoms. The Balaban J connectivity index is 0.000000182. The summed E-state index contributed by atoms with van der Waals surface area (Å²) in [5.41, 5.74) is 6.59. The maximum atomic E-state index is 10.9. The highest BCUT2D eigenvalue weighted by atomic mass is 35.5. The minimum atomic E-state index is -0.0841. The van der Waals surface area contributed by atoms with E-state index in [9.17, 15) is 9.90 Å². The Hall–Kier alpha value is -4.86. The molecule has 3 aromatic heterocycles. The number of benzene rings is 5. The van der Waals surface area contributed by atoms with E-state index in [4.69, 9.17) is 79.1 Å². The van der Waals surface area contributed by atoms with Crippen LogP contribution in [0.15, 0.2) is 97.5 Å². The highest BCUT2D eigenvalue weighted by Gasteiger charge is 2.17. The number of hydrogen-bond donors (Lipinski definition) is 1. The molecule has 0 atom stereocenters. The van der Waals surface area contributed by atoms with E-state index in [0.29, 0.717) is 102 Å². The SMILES string of the molecule is CN(C)Cc1cnc2c(Cl)cc(Cl)c(O)c2n1.CN(C)Cc1cnc2c(Cl)cc(Cl)c(OCc3ccccc3)c2n1.Cl.O=Cc1cnc2c(Cl)cc(Cl)c(OCc3ccccc3)c2n1. The molecule has 3 heterocycles. The van der Waals surface area contributed by atoms with Gasteiger partial charge in [0.15, 0.2) is 23.5 Å². The van der Waals surface area contributed by atoms with Crippen LogP contribution in [0.4, 0.5) is 0 Å². The van der Waals surface area contributed by atoms with Gasteiger partial charge in [0.05, 0.1) is 60.1 Å². The van der Waals surface area contributed by atoms with Crippen molar-refractivity contribution in [1.29, 1.82) is 0 Å². The van der Waals surface area contributed by atoms with E-state index < -0.39 is 0 Å². The van der Waals surface area contributed by atoms with Crippen LogP contribution in [0.3, 0.4) is 0 Å². The van der Waals surface area contributed by atoms with Gasteiger partial charge in [0, 0.05) is 13.1 Å². The van der Waals surface area contributed by atoms with Crippen molar-refractivity contribution in [1.82, 2.24) is 39.7 Å². The number of aromatic hydroxyl groups is 1. The van der Waals surface area contributed by atoms with Gasteiger partial charge in [0.25, 0.3) is 0 Å². The molecule has 332 valence electrons. The fourth-order valence-electron chi connectivity index (χ4n) is 5.93. The average Bonchev–Trinajstić information content (AvgIpc) is 3.26. The van der Waals surface area contributed by atoms with Gasteiger partial charge in [0.2, 0.25) is 0 Å². The van der Waals surface area contributed by atoms with Crippen LogP contribution in [0.2, 0.25) is 30.1 Å². The lowest BCUT2D eigenvalue weighted by Gasteiger charge is -2.14. The molecule has 1 N–H and O–H groups in total. The lowest BCUT2D eigenvalue weighted by molar-refractivity contribution is 0.111. The Bertz CT molecular complexity index is 2880. The van der Waals surface area contributed by atoms with E-state index in [1.54, 1.807) is 24.5 Å². The van der Waals surface area contributed by atoms with Crippen LogP contribution < -0.4 is 9.47 Å². The van der Waals surface area contributed by atoms with Crippen molar-refractivity contribution in [2.75, 3.05) is 28.2 Å². The third kappa shape index (κ3) is 12.9. The number of rotatable bonds is 11. The quantitative estimate of drug-likeness (QED) is 0.123. The van der Waals surface area contributed by atoms with E-state index >= 15 is 0 Å². The topological polar surface area (TPSA) is 140 Å². The summed E-state index contributed by atoms with van der Waals surface area (Å²) in [7, 11) is 7.81. The summed E-state index contributed by atoms with van der Waals surface area (Å²) in [4.78, 5) is 40.8. The molecule has 8 aromatic rings. The first kappa shape index (κ1) is 50.1. The second-order valence-corrected chi connectivity index (χ2v) is 16.7. The molecule has 0 bridgehead atoms. The number of phenolic OH excluding ortho intramolecular Hbond substituents is 1. The number of aldehydes is 1. The molecule has 0 unspecified atom stereocenters. The Morgan fingerprint density at radius 3 is 1.36 bits per heavy atom. The van der Waals surface area contributed by atoms with E-state index in [0.717, 1.165) is 22.5 Å². The van der Waals surface area contributed by atoms with Crippen LogP contribution in [0, 0.1) is 0 Å². The maximum absolute atomic E-state index is 10.9. The van der Waals surface area contributed by atoms with Crippen LogP contribution in [-0.4, -0.2) is 79.3 Å². The van der Waals surface area contributed by atoms with Crippen molar-refractivity contribution in [3.8, 4) is 17.2 Å². The lowest BCUT2D eigenvalue weighted by Crippen LogP contribution is -2.12. The van der Waals surface area contributed by atoms with Gasteiger partial charge in [0.1, 0.15) is 52.0 Å². The third-order valence-electron chi connectivity index (χ3n) is 8.72. The molecule has 12 nitrogen and oxygen atoms in total. The molecule has 8 rings (SSSR count). The molecule has 19 heteroatoms. The molecule has 0 aliphatic rings. The van der Waals surface area contributed by atoms with Crippen molar-refractivity contribution >= 4 is 121 Å². The first-order chi connectivity index (χ1) is 30.2. The van der Waals surface area contributed by atoms with Crippen molar-refractivity contribution in [2.24, 2.45) is 0 Å². The molecule has 0 fully saturated rings. The summed E-state index contributed by atoms with van der Waals surface area (Å²) < 4.78 is 11.7. The zero-order chi connectivity index (χ0) is 45.2. The number of carbonyl (C=O) groups excluding carboxylic acids is 1. The largest absolute Gasteiger partial charge is 0.504 e. The number of carbonyl (C=O) groups is 1. The van der Waals surface area contributed by atoms with Crippen LogP contribution in [0.1, 0.15) is 33.0 Å². The summed E-state index contributed by atoms with van der Waals surface area (Å²) in [5.74, 6) is 0.785.